The van der Waals surface area contributed by atoms with Crippen LogP contribution in [-0.4, -0.2) is 54.2 Å². The summed E-state index contributed by atoms with van der Waals surface area (Å²) in [6, 6.07) is 16.3. The quantitative estimate of drug-likeness (QED) is 0.606. The summed E-state index contributed by atoms with van der Waals surface area (Å²) in [6.07, 6.45) is 1.20. The molecule has 2 aromatic carbocycles. The van der Waals surface area contributed by atoms with Crippen molar-refractivity contribution in [2.24, 2.45) is 11.8 Å². The second-order valence-corrected chi connectivity index (χ2v) is 9.14. The van der Waals surface area contributed by atoms with Crippen LogP contribution < -0.4 is 5.32 Å². The summed E-state index contributed by atoms with van der Waals surface area (Å²) in [5, 5.41) is 11.7. The van der Waals surface area contributed by atoms with E-state index in [0.717, 1.165) is 11.1 Å². The molecule has 2 aliphatic rings. The van der Waals surface area contributed by atoms with E-state index in [9.17, 15) is 14.4 Å². The molecule has 1 aliphatic carbocycles. The molecule has 2 aromatic rings. The van der Waals surface area contributed by atoms with Crippen LogP contribution in [0.5, 0.6) is 0 Å². The molecule has 0 bridgehead atoms. The summed E-state index contributed by atoms with van der Waals surface area (Å²) in [5.74, 6) is -0.868. The zero-order chi connectivity index (χ0) is 24.2. The van der Waals surface area contributed by atoms with Crippen LogP contribution in [0, 0.1) is 11.8 Å². The summed E-state index contributed by atoms with van der Waals surface area (Å²) >= 11 is 0. The first-order valence-electron chi connectivity index (χ1n) is 11.6. The molecule has 1 saturated heterocycles. The molecule has 178 valence electrons. The molecule has 2 amide bonds. The fourth-order valence-corrected chi connectivity index (χ4v) is 4.96. The zero-order valence-corrected chi connectivity index (χ0v) is 19.5. The lowest BCUT2D eigenvalue weighted by atomic mass is 9.95. The highest BCUT2D eigenvalue weighted by Crippen LogP contribution is 2.44. The molecule has 1 fully saturated rings. The van der Waals surface area contributed by atoms with Gasteiger partial charge in [-0.25, -0.2) is 4.79 Å². The number of nitrogens with one attached hydrogen (secondary N) is 1. The molecular formula is C27H30N2O5. The fraction of sp³-hybridized carbons (Fsp3) is 0.370. The summed E-state index contributed by atoms with van der Waals surface area (Å²) in [5.41, 5.74) is 5.16. The Balaban J connectivity index is 1.28. The lowest BCUT2D eigenvalue weighted by Crippen LogP contribution is -2.31. The first kappa shape index (κ1) is 23.5. The van der Waals surface area contributed by atoms with Crippen molar-refractivity contribution in [3.63, 3.8) is 0 Å². The third-order valence-electron chi connectivity index (χ3n) is 6.83. The van der Waals surface area contributed by atoms with Crippen LogP contribution in [0.2, 0.25) is 0 Å². The molecule has 2 atom stereocenters. The van der Waals surface area contributed by atoms with Gasteiger partial charge in [0.2, 0.25) is 5.91 Å². The largest absolute Gasteiger partial charge is 0.481 e. The number of nitrogens with zero attached hydrogens (tertiary/aromatic N) is 1. The maximum Gasteiger partial charge on any atom is 0.407 e. The third-order valence-corrected chi connectivity index (χ3v) is 6.83. The summed E-state index contributed by atoms with van der Waals surface area (Å²) < 4.78 is 5.52. The molecule has 0 radical (unpaired) electrons. The maximum atomic E-state index is 12.7. The van der Waals surface area contributed by atoms with E-state index < -0.39 is 12.1 Å². The molecule has 0 aromatic heterocycles. The lowest BCUT2D eigenvalue weighted by Gasteiger charge is -2.17. The Morgan fingerprint density at radius 1 is 1.06 bits per heavy atom. The van der Waals surface area contributed by atoms with Crippen LogP contribution in [0.15, 0.2) is 60.2 Å². The Morgan fingerprint density at radius 2 is 1.68 bits per heavy atom. The second kappa shape index (κ2) is 10.1. The predicted molar refractivity (Wildman–Crippen MR) is 128 cm³/mol. The van der Waals surface area contributed by atoms with Crippen LogP contribution in [0.4, 0.5) is 4.79 Å². The van der Waals surface area contributed by atoms with Crippen molar-refractivity contribution in [1.29, 1.82) is 0 Å². The van der Waals surface area contributed by atoms with Gasteiger partial charge in [-0.15, -0.1) is 0 Å². The average molecular weight is 463 g/mol. The van der Waals surface area contributed by atoms with Gasteiger partial charge in [-0.1, -0.05) is 61.5 Å². The molecule has 2 N–H and O–H groups in total. The van der Waals surface area contributed by atoms with Gasteiger partial charge in [0.15, 0.2) is 0 Å². The van der Waals surface area contributed by atoms with E-state index in [1.54, 1.807) is 17.9 Å². The minimum atomic E-state index is -0.842. The molecule has 1 heterocycles. The highest BCUT2D eigenvalue weighted by atomic mass is 16.5. The van der Waals surface area contributed by atoms with Gasteiger partial charge in [-0.05, 0) is 41.0 Å². The average Bonchev–Trinajstić information content (AvgIpc) is 3.34. The van der Waals surface area contributed by atoms with Crippen molar-refractivity contribution in [1.82, 2.24) is 10.2 Å². The number of carbonyl (C=O) groups is 3. The van der Waals surface area contributed by atoms with E-state index in [1.165, 1.54) is 11.1 Å². The van der Waals surface area contributed by atoms with Crippen molar-refractivity contribution >= 4 is 18.0 Å². The summed E-state index contributed by atoms with van der Waals surface area (Å²) in [4.78, 5) is 37.7. The molecule has 7 nitrogen and oxygen atoms in total. The van der Waals surface area contributed by atoms with Crippen molar-refractivity contribution in [3.05, 3.63) is 71.3 Å². The van der Waals surface area contributed by atoms with Crippen LogP contribution >= 0.6 is 0 Å². The number of carbonyl (C=O) groups excluding carboxylic acids is 2. The minimum Gasteiger partial charge on any atom is -0.481 e. The van der Waals surface area contributed by atoms with Crippen LogP contribution in [0.3, 0.4) is 0 Å². The van der Waals surface area contributed by atoms with Crippen LogP contribution in [0.25, 0.3) is 11.1 Å². The lowest BCUT2D eigenvalue weighted by molar-refractivity contribution is -0.138. The highest BCUT2D eigenvalue weighted by molar-refractivity contribution is 5.93. The van der Waals surface area contributed by atoms with Crippen molar-refractivity contribution in [3.8, 4) is 11.1 Å². The van der Waals surface area contributed by atoms with E-state index in [1.807, 2.05) is 31.2 Å². The third kappa shape index (κ3) is 4.98. The number of hydrogen-bond donors (Lipinski definition) is 2. The molecule has 0 spiro atoms. The Morgan fingerprint density at radius 3 is 2.29 bits per heavy atom. The number of carboxylic acid groups (broad SMARTS) is 1. The van der Waals surface area contributed by atoms with Gasteiger partial charge >= 0.3 is 12.1 Å². The standard InChI is InChI=1S/C27H30N2O5/c1-17(26(32)29-14-18(2)19(15-29)13-25(30)31)11-12-28-27(33)34-16-24-22-9-5-3-7-20(22)21-8-4-6-10-23(21)24/h3-11,18-19,24H,12-16H2,1-2H3,(H,28,33)(H,30,31)/b17-11+/t18-,19-/m1/s1. The molecule has 1 aliphatic heterocycles. The van der Waals surface area contributed by atoms with E-state index in [-0.39, 0.29) is 43.2 Å². The van der Waals surface area contributed by atoms with E-state index in [0.29, 0.717) is 18.7 Å². The Bertz CT molecular complexity index is 1080. The molecule has 4 rings (SSSR count). The summed E-state index contributed by atoms with van der Waals surface area (Å²) in [6.45, 7) is 5.07. The normalized spacial score (nSPS) is 19.5. The minimum absolute atomic E-state index is 0.00656. The van der Waals surface area contributed by atoms with Crippen molar-refractivity contribution < 1.29 is 24.2 Å². The number of aliphatic carboxylic acids is 1. The molecular weight excluding hydrogens is 432 g/mol. The second-order valence-electron chi connectivity index (χ2n) is 9.14. The number of rotatable bonds is 7. The molecule has 34 heavy (non-hydrogen) atoms. The van der Waals surface area contributed by atoms with Crippen molar-refractivity contribution in [2.45, 2.75) is 26.2 Å². The number of fused-ring (bicyclic) bond motifs is 3. The first-order chi connectivity index (χ1) is 16.3. The number of benzene rings is 2. The molecule has 0 saturated carbocycles. The maximum absolute atomic E-state index is 12.7. The number of ether oxygens (including phenoxy) is 1. The topological polar surface area (TPSA) is 95.9 Å². The SMILES string of the molecule is C/C(=C\CNC(=O)OCC1c2ccccc2-c2ccccc21)C(=O)N1C[C@@H](CC(=O)O)[C@H](C)C1. The van der Waals surface area contributed by atoms with E-state index in [4.69, 9.17) is 9.84 Å². The van der Waals surface area contributed by atoms with Gasteiger partial charge in [0.25, 0.3) is 0 Å². The zero-order valence-electron chi connectivity index (χ0n) is 19.5. The number of alkyl carbamates (subject to hydrolysis) is 1. The van der Waals surface area contributed by atoms with Gasteiger partial charge in [0.1, 0.15) is 6.61 Å². The summed E-state index contributed by atoms with van der Waals surface area (Å²) in [7, 11) is 0. The Kier molecular flexibility index (Phi) is 7.01. The fourth-order valence-electron chi connectivity index (χ4n) is 4.96. The number of amides is 2. The number of hydrogen-bond acceptors (Lipinski definition) is 4. The van der Waals surface area contributed by atoms with Gasteiger partial charge < -0.3 is 20.1 Å². The van der Waals surface area contributed by atoms with Gasteiger partial charge in [-0.2, -0.15) is 0 Å². The van der Waals surface area contributed by atoms with Gasteiger partial charge in [0, 0.05) is 31.1 Å². The van der Waals surface area contributed by atoms with Gasteiger partial charge in [-0.3, -0.25) is 9.59 Å². The van der Waals surface area contributed by atoms with Gasteiger partial charge in [0.05, 0.1) is 6.42 Å². The number of carboxylic acids is 1. The van der Waals surface area contributed by atoms with Crippen molar-refractivity contribution in [2.75, 3.05) is 26.2 Å². The molecule has 7 heteroatoms. The van der Waals surface area contributed by atoms with Crippen LogP contribution in [0.1, 0.15) is 37.3 Å². The molecule has 0 unspecified atom stereocenters. The van der Waals surface area contributed by atoms with E-state index >= 15 is 0 Å². The predicted octanol–water partition coefficient (Wildman–Crippen LogP) is 4.04. The Hall–Kier alpha value is -3.61. The van der Waals surface area contributed by atoms with E-state index in [2.05, 4.69) is 29.6 Å². The number of likely N-dealkylation sites (tertiary alicyclic amines) is 1. The monoisotopic (exact) mass is 462 g/mol. The Labute approximate surface area is 199 Å². The first-order valence-corrected chi connectivity index (χ1v) is 11.6. The highest BCUT2D eigenvalue weighted by Gasteiger charge is 2.34. The smallest absolute Gasteiger partial charge is 0.407 e. The van der Waals surface area contributed by atoms with Crippen LogP contribution in [-0.2, 0) is 14.3 Å².